The molecule has 0 aliphatic carbocycles. The van der Waals surface area contributed by atoms with E-state index in [0.717, 1.165) is 22.7 Å². The van der Waals surface area contributed by atoms with Crippen LogP contribution in [0.3, 0.4) is 0 Å². The Hall–Kier alpha value is -3.91. The van der Waals surface area contributed by atoms with E-state index in [-0.39, 0.29) is 17.0 Å². The maximum Gasteiger partial charge on any atom is 0.270 e. The molecule has 0 aliphatic heterocycles. The van der Waals surface area contributed by atoms with Gasteiger partial charge < -0.3 is 24.7 Å². The zero-order chi connectivity index (χ0) is 25.0. The standard InChI is InChI=1S/C27H31N5O3/c1-27(2,3)18-7-6-8-19(15-18)30-26-31-22-16-20(9-10-24(22)32(26)4)35-21-11-12-28-23(17-21)25(33)29-13-14-34-5/h6-12,15-17H,13-14H2,1-5H3,(H,29,33)(H,30,31). The van der Waals surface area contributed by atoms with Gasteiger partial charge in [-0.15, -0.1) is 0 Å². The predicted octanol–water partition coefficient (Wildman–Crippen LogP) is 5.18. The Bertz CT molecular complexity index is 1340. The molecule has 2 aromatic heterocycles. The molecule has 182 valence electrons. The summed E-state index contributed by atoms with van der Waals surface area (Å²) in [6.45, 7) is 7.44. The van der Waals surface area contributed by atoms with Crippen molar-refractivity contribution in [2.24, 2.45) is 7.05 Å². The minimum absolute atomic E-state index is 0.0632. The van der Waals surface area contributed by atoms with Crippen LogP contribution in [0.4, 0.5) is 11.6 Å². The van der Waals surface area contributed by atoms with Gasteiger partial charge in [-0.3, -0.25) is 9.78 Å². The molecule has 2 heterocycles. The number of fused-ring (bicyclic) bond motifs is 1. The van der Waals surface area contributed by atoms with Gasteiger partial charge in [0, 0.05) is 44.7 Å². The van der Waals surface area contributed by atoms with Crippen molar-refractivity contribution in [1.29, 1.82) is 0 Å². The van der Waals surface area contributed by atoms with Gasteiger partial charge in [-0.05, 0) is 41.3 Å². The van der Waals surface area contributed by atoms with Crippen LogP contribution in [0.25, 0.3) is 11.0 Å². The summed E-state index contributed by atoms with van der Waals surface area (Å²) in [5.41, 5.74) is 4.35. The van der Waals surface area contributed by atoms with Gasteiger partial charge in [0.1, 0.15) is 17.2 Å². The Morgan fingerprint density at radius 1 is 1.06 bits per heavy atom. The summed E-state index contributed by atoms with van der Waals surface area (Å²) in [6.07, 6.45) is 1.55. The van der Waals surface area contributed by atoms with E-state index in [0.29, 0.717) is 24.7 Å². The highest BCUT2D eigenvalue weighted by molar-refractivity contribution is 5.92. The monoisotopic (exact) mass is 473 g/mol. The van der Waals surface area contributed by atoms with Crippen LogP contribution in [0.15, 0.2) is 60.8 Å². The summed E-state index contributed by atoms with van der Waals surface area (Å²) in [7, 11) is 3.56. The van der Waals surface area contributed by atoms with Crippen LogP contribution in [0.5, 0.6) is 11.5 Å². The van der Waals surface area contributed by atoms with E-state index in [1.165, 1.54) is 5.56 Å². The Labute approximate surface area is 205 Å². The van der Waals surface area contributed by atoms with Crippen molar-refractivity contribution >= 4 is 28.6 Å². The van der Waals surface area contributed by atoms with Crippen molar-refractivity contribution in [2.45, 2.75) is 26.2 Å². The van der Waals surface area contributed by atoms with Crippen LogP contribution < -0.4 is 15.4 Å². The number of nitrogens with one attached hydrogen (secondary N) is 2. The van der Waals surface area contributed by atoms with E-state index >= 15 is 0 Å². The van der Waals surface area contributed by atoms with Crippen molar-refractivity contribution in [3.63, 3.8) is 0 Å². The number of benzene rings is 2. The number of aryl methyl sites for hydroxylation is 1. The van der Waals surface area contributed by atoms with Crippen molar-refractivity contribution in [3.05, 3.63) is 72.1 Å². The molecule has 0 spiro atoms. The van der Waals surface area contributed by atoms with Crippen LogP contribution in [0, 0.1) is 0 Å². The zero-order valence-electron chi connectivity index (χ0n) is 20.8. The average molecular weight is 474 g/mol. The van der Waals surface area contributed by atoms with Crippen LogP contribution in [-0.2, 0) is 17.2 Å². The molecule has 0 aliphatic rings. The maximum atomic E-state index is 12.3. The Morgan fingerprint density at radius 2 is 1.86 bits per heavy atom. The quantitative estimate of drug-likeness (QED) is 0.343. The number of anilines is 2. The van der Waals surface area contributed by atoms with Gasteiger partial charge in [0.05, 0.1) is 17.6 Å². The van der Waals surface area contributed by atoms with E-state index in [4.69, 9.17) is 14.5 Å². The number of ether oxygens (including phenoxy) is 2. The summed E-state index contributed by atoms with van der Waals surface area (Å²) < 4.78 is 13.0. The molecule has 2 aromatic carbocycles. The highest BCUT2D eigenvalue weighted by atomic mass is 16.5. The van der Waals surface area contributed by atoms with Crippen LogP contribution >= 0.6 is 0 Å². The SMILES string of the molecule is COCCNC(=O)c1cc(Oc2ccc3c(c2)nc(Nc2cccc(C(C)(C)C)c2)n3C)ccn1. The molecule has 0 bridgehead atoms. The summed E-state index contributed by atoms with van der Waals surface area (Å²) in [4.78, 5) is 21.2. The number of methoxy groups -OCH3 is 1. The molecule has 35 heavy (non-hydrogen) atoms. The number of carbonyl (C=O) groups is 1. The molecule has 1 amide bonds. The van der Waals surface area contributed by atoms with Crippen LogP contribution in [0.2, 0.25) is 0 Å². The highest BCUT2D eigenvalue weighted by Crippen LogP contribution is 2.29. The summed E-state index contributed by atoms with van der Waals surface area (Å²) >= 11 is 0. The zero-order valence-corrected chi connectivity index (χ0v) is 20.8. The molecule has 2 N–H and O–H groups in total. The predicted molar refractivity (Wildman–Crippen MR) is 138 cm³/mol. The number of hydrogen-bond acceptors (Lipinski definition) is 6. The maximum absolute atomic E-state index is 12.3. The number of rotatable bonds is 8. The van der Waals surface area contributed by atoms with Gasteiger partial charge in [0.25, 0.3) is 5.91 Å². The second-order valence-electron chi connectivity index (χ2n) is 9.33. The number of pyridine rings is 1. The average Bonchev–Trinajstić information content (AvgIpc) is 3.13. The smallest absolute Gasteiger partial charge is 0.270 e. The molecule has 4 aromatic rings. The second-order valence-corrected chi connectivity index (χ2v) is 9.33. The minimum atomic E-state index is -0.279. The molecule has 8 nitrogen and oxygen atoms in total. The molecule has 0 radical (unpaired) electrons. The van der Waals surface area contributed by atoms with E-state index in [1.54, 1.807) is 25.4 Å². The van der Waals surface area contributed by atoms with Gasteiger partial charge in [-0.25, -0.2) is 4.98 Å². The van der Waals surface area contributed by atoms with Crippen LogP contribution in [0.1, 0.15) is 36.8 Å². The fourth-order valence-electron chi connectivity index (χ4n) is 3.64. The highest BCUT2D eigenvalue weighted by Gasteiger charge is 2.15. The van der Waals surface area contributed by atoms with Crippen molar-refractivity contribution < 1.29 is 14.3 Å². The normalized spacial score (nSPS) is 11.5. The minimum Gasteiger partial charge on any atom is -0.457 e. The van der Waals surface area contributed by atoms with E-state index < -0.39 is 0 Å². The van der Waals surface area contributed by atoms with Crippen molar-refractivity contribution in [2.75, 3.05) is 25.6 Å². The van der Waals surface area contributed by atoms with Crippen molar-refractivity contribution in [1.82, 2.24) is 19.9 Å². The number of nitrogens with zero attached hydrogens (tertiary/aromatic N) is 3. The Balaban J connectivity index is 1.52. The first-order valence-electron chi connectivity index (χ1n) is 11.5. The molecule has 0 saturated carbocycles. The molecule has 0 atom stereocenters. The number of imidazole rings is 1. The lowest BCUT2D eigenvalue weighted by Gasteiger charge is -2.20. The first kappa shape index (κ1) is 24.2. The Morgan fingerprint density at radius 3 is 2.63 bits per heavy atom. The third-order valence-electron chi connectivity index (χ3n) is 5.63. The van der Waals surface area contributed by atoms with Gasteiger partial charge in [0.15, 0.2) is 0 Å². The lowest BCUT2D eigenvalue weighted by molar-refractivity contribution is 0.0932. The van der Waals surface area contributed by atoms with E-state index in [1.807, 2.05) is 35.9 Å². The van der Waals surface area contributed by atoms with Gasteiger partial charge in [-0.1, -0.05) is 32.9 Å². The van der Waals surface area contributed by atoms with Gasteiger partial charge in [0.2, 0.25) is 5.95 Å². The number of carbonyl (C=O) groups excluding carboxylic acids is 1. The van der Waals surface area contributed by atoms with E-state index in [9.17, 15) is 4.79 Å². The van der Waals surface area contributed by atoms with Crippen molar-refractivity contribution in [3.8, 4) is 11.5 Å². The van der Waals surface area contributed by atoms with Gasteiger partial charge in [-0.2, -0.15) is 0 Å². The second kappa shape index (κ2) is 10.1. The largest absolute Gasteiger partial charge is 0.457 e. The summed E-state index contributed by atoms with van der Waals surface area (Å²) in [5.74, 6) is 1.60. The first-order chi connectivity index (χ1) is 16.7. The molecular weight excluding hydrogens is 442 g/mol. The number of hydrogen-bond donors (Lipinski definition) is 2. The third-order valence-corrected chi connectivity index (χ3v) is 5.63. The lowest BCUT2D eigenvalue weighted by Crippen LogP contribution is -2.27. The summed E-state index contributed by atoms with van der Waals surface area (Å²) in [6, 6.07) is 17.4. The lowest BCUT2D eigenvalue weighted by atomic mass is 9.87. The van der Waals surface area contributed by atoms with E-state index in [2.05, 4.69) is 54.6 Å². The van der Waals surface area contributed by atoms with Gasteiger partial charge >= 0.3 is 0 Å². The Kier molecular flexibility index (Phi) is 7.02. The molecular formula is C27H31N5O3. The fraction of sp³-hybridized carbons (Fsp3) is 0.296. The first-order valence-corrected chi connectivity index (χ1v) is 11.5. The molecule has 0 unspecified atom stereocenters. The summed E-state index contributed by atoms with van der Waals surface area (Å²) in [5, 5.41) is 6.19. The number of amides is 1. The van der Waals surface area contributed by atoms with Crippen LogP contribution in [-0.4, -0.2) is 40.7 Å². The molecule has 0 saturated heterocycles. The molecule has 4 rings (SSSR count). The fourth-order valence-corrected chi connectivity index (χ4v) is 3.64. The third kappa shape index (κ3) is 5.78. The number of aromatic nitrogens is 3. The molecule has 0 fully saturated rings. The topological polar surface area (TPSA) is 90.3 Å². The molecule has 8 heteroatoms.